The average Bonchev–Trinajstić information content (AvgIpc) is 2.52. The van der Waals surface area contributed by atoms with Gasteiger partial charge in [-0.1, -0.05) is 13.8 Å². The number of rotatable bonds is 2. The molecule has 0 aromatic rings. The van der Waals surface area contributed by atoms with Gasteiger partial charge in [0.2, 0.25) is 0 Å². The van der Waals surface area contributed by atoms with E-state index in [0.717, 1.165) is 25.0 Å². The van der Waals surface area contributed by atoms with E-state index in [9.17, 15) is 0 Å². The fourth-order valence-corrected chi connectivity index (χ4v) is 2.40. The SMILES string of the molecule is CC(C)C[C@@H]1CO[C@@H]2OCC[C@H]12. The maximum absolute atomic E-state index is 5.57. The quantitative estimate of drug-likeness (QED) is 0.631. The van der Waals surface area contributed by atoms with E-state index in [1.165, 1.54) is 12.8 Å². The van der Waals surface area contributed by atoms with E-state index in [1.807, 2.05) is 0 Å². The largest absolute Gasteiger partial charge is 0.352 e. The summed E-state index contributed by atoms with van der Waals surface area (Å²) in [5.41, 5.74) is 0. The zero-order chi connectivity index (χ0) is 8.55. The summed E-state index contributed by atoms with van der Waals surface area (Å²) < 4.78 is 11.0. The molecule has 2 nitrogen and oxygen atoms in total. The van der Waals surface area contributed by atoms with Gasteiger partial charge < -0.3 is 9.47 Å². The van der Waals surface area contributed by atoms with Gasteiger partial charge in [0, 0.05) is 5.92 Å². The highest BCUT2D eigenvalue weighted by Gasteiger charge is 2.41. The van der Waals surface area contributed by atoms with Gasteiger partial charge in [0.05, 0.1) is 13.2 Å². The van der Waals surface area contributed by atoms with Crippen molar-refractivity contribution < 1.29 is 9.47 Å². The van der Waals surface area contributed by atoms with Gasteiger partial charge in [-0.3, -0.25) is 0 Å². The van der Waals surface area contributed by atoms with Crippen molar-refractivity contribution in [2.45, 2.75) is 33.0 Å². The molecule has 12 heavy (non-hydrogen) atoms. The molecule has 0 N–H and O–H groups in total. The van der Waals surface area contributed by atoms with Crippen LogP contribution in [0.3, 0.4) is 0 Å². The molecule has 0 radical (unpaired) electrons. The second kappa shape index (κ2) is 3.35. The Kier molecular flexibility index (Phi) is 2.37. The summed E-state index contributed by atoms with van der Waals surface area (Å²) in [6.45, 7) is 6.39. The first kappa shape index (κ1) is 8.52. The topological polar surface area (TPSA) is 18.5 Å². The maximum atomic E-state index is 5.57. The summed E-state index contributed by atoms with van der Waals surface area (Å²) in [4.78, 5) is 0. The van der Waals surface area contributed by atoms with E-state index < -0.39 is 0 Å². The van der Waals surface area contributed by atoms with Crippen molar-refractivity contribution >= 4 is 0 Å². The van der Waals surface area contributed by atoms with Crippen LogP contribution < -0.4 is 0 Å². The van der Waals surface area contributed by atoms with Gasteiger partial charge in [0.1, 0.15) is 0 Å². The van der Waals surface area contributed by atoms with Crippen molar-refractivity contribution in [2.24, 2.45) is 17.8 Å². The van der Waals surface area contributed by atoms with Crippen LogP contribution in [-0.2, 0) is 9.47 Å². The molecule has 2 heterocycles. The number of fused-ring (bicyclic) bond motifs is 1. The zero-order valence-electron chi connectivity index (χ0n) is 7.95. The second-order valence-corrected chi connectivity index (χ2v) is 4.41. The first-order chi connectivity index (χ1) is 5.77. The summed E-state index contributed by atoms with van der Waals surface area (Å²) in [5, 5.41) is 0. The lowest BCUT2D eigenvalue weighted by Crippen LogP contribution is -2.16. The molecule has 2 rings (SSSR count). The highest BCUT2D eigenvalue weighted by Crippen LogP contribution is 2.38. The Bertz CT molecular complexity index is 156. The zero-order valence-corrected chi connectivity index (χ0v) is 7.95. The van der Waals surface area contributed by atoms with Crippen LogP contribution in [0.5, 0.6) is 0 Å². The van der Waals surface area contributed by atoms with Gasteiger partial charge in [0.15, 0.2) is 6.29 Å². The minimum Gasteiger partial charge on any atom is -0.352 e. The number of ether oxygens (including phenoxy) is 2. The van der Waals surface area contributed by atoms with Crippen LogP contribution in [0, 0.1) is 17.8 Å². The Morgan fingerprint density at radius 1 is 1.33 bits per heavy atom. The van der Waals surface area contributed by atoms with Crippen LogP contribution in [-0.4, -0.2) is 19.5 Å². The molecule has 2 heteroatoms. The van der Waals surface area contributed by atoms with Crippen LogP contribution in [0.25, 0.3) is 0 Å². The molecule has 2 fully saturated rings. The Labute approximate surface area is 74.2 Å². The molecule has 0 saturated carbocycles. The predicted octanol–water partition coefficient (Wildman–Crippen LogP) is 2.04. The summed E-state index contributed by atoms with van der Waals surface area (Å²) in [5.74, 6) is 2.25. The molecule has 2 aliphatic heterocycles. The third-order valence-corrected chi connectivity index (χ3v) is 2.94. The molecule has 0 aromatic carbocycles. The lowest BCUT2D eigenvalue weighted by molar-refractivity contribution is -0.0905. The lowest BCUT2D eigenvalue weighted by Gasteiger charge is -2.16. The number of hydrogen-bond donors (Lipinski definition) is 0. The molecule has 0 aliphatic carbocycles. The van der Waals surface area contributed by atoms with Gasteiger partial charge in [-0.25, -0.2) is 0 Å². The lowest BCUT2D eigenvalue weighted by atomic mass is 9.87. The van der Waals surface area contributed by atoms with E-state index in [2.05, 4.69) is 13.8 Å². The minimum absolute atomic E-state index is 0.147. The molecule has 0 unspecified atom stereocenters. The molecule has 70 valence electrons. The van der Waals surface area contributed by atoms with E-state index >= 15 is 0 Å². The van der Waals surface area contributed by atoms with Crippen molar-refractivity contribution in [3.05, 3.63) is 0 Å². The van der Waals surface area contributed by atoms with Crippen molar-refractivity contribution in [1.82, 2.24) is 0 Å². The van der Waals surface area contributed by atoms with Gasteiger partial charge in [-0.05, 0) is 24.7 Å². The van der Waals surface area contributed by atoms with Crippen molar-refractivity contribution in [2.75, 3.05) is 13.2 Å². The standard InChI is InChI=1S/C10H18O2/c1-7(2)5-8-6-12-10-9(8)3-4-11-10/h7-10H,3-6H2,1-2H3/t8-,9-,10+/m1/s1. The van der Waals surface area contributed by atoms with Crippen molar-refractivity contribution in [3.63, 3.8) is 0 Å². The van der Waals surface area contributed by atoms with Crippen LogP contribution in [0.2, 0.25) is 0 Å². The Balaban J connectivity index is 1.91. The normalized spacial score (nSPS) is 40.8. The highest BCUT2D eigenvalue weighted by atomic mass is 16.7. The van der Waals surface area contributed by atoms with Crippen LogP contribution in [0.15, 0.2) is 0 Å². The van der Waals surface area contributed by atoms with E-state index in [-0.39, 0.29) is 6.29 Å². The molecule has 2 saturated heterocycles. The molecule has 0 bridgehead atoms. The number of hydrogen-bond acceptors (Lipinski definition) is 2. The molecule has 0 amide bonds. The molecule has 3 atom stereocenters. The Morgan fingerprint density at radius 3 is 2.92 bits per heavy atom. The molecule has 0 aromatic heterocycles. The van der Waals surface area contributed by atoms with E-state index in [1.54, 1.807) is 0 Å². The van der Waals surface area contributed by atoms with Crippen LogP contribution in [0.1, 0.15) is 26.7 Å². The monoisotopic (exact) mass is 170 g/mol. The van der Waals surface area contributed by atoms with Crippen LogP contribution in [0.4, 0.5) is 0 Å². The first-order valence-electron chi connectivity index (χ1n) is 5.00. The van der Waals surface area contributed by atoms with Gasteiger partial charge >= 0.3 is 0 Å². The fraction of sp³-hybridized carbons (Fsp3) is 1.00. The summed E-state index contributed by atoms with van der Waals surface area (Å²) in [6.07, 6.45) is 2.65. The fourth-order valence-electron chi connectivity index (χ4n) is 2.40. The van der Waals surface area contributed by atoms with Crippen molar-refractivity contribution in [1.29, 1.82) is 0 Å². The van der Waals surface area contributed by atoms with Gasteiger partial charge in [0.25, 0.3) is 0 Å². The van der Waals surface area contributed by atoms with Gasteiger partial charge in [-0.2, -0.15) is 0 Å². The maximum Gasteiger partial charge on any atom is 0.160 e. The smallest absolute Gasteiger partial charge is 0.160 e. The summed E-state index contributed by atoms with van der Waals surface area (Å²) >= 11 is 0. The highest BCUT2D eigenvalue weighted by molar-refractivity contribution is 4.83. The van der Waals surface area contributed by atoms with E-state index in [4.69, 9.17) is 9.47 Å². The molecule has 2 aliphatic rings. The summed E-state index contributed by atoms with van der Waals surface area (Å²) in [6, 6.07) is 0. The Morgan fingerprint density at radius 2 is 2.17 bits per heavy atom. The first-order valence-corrected chi connectivity index (χ1v) is 5.00. The minimum atomic E-state index is 0.147. The third-order valence-electron chi connectivity index (χ3n) is 2.94. The van der Waals surface area contributed by atoms with Crippen LogP contribution >= 0.6 is 0 Å². The molecular weight excluding hydrogens is 152 g/mol. The average molecular weight is 170 g/mol. The Hall–Kier alpha value is -0.0800. The second-order valence-electron chi connectivity index (χ2n) is 4.41. The third kappa shape index (κ3) is 1.50. The van der Waals surface area contributed by atoms with Crippen molar-refractivity contribution in [3.8, 4) is 0 Å². The summed E-state index contributed by atoms with van der Waals surface area (Å²) in [7, 11) is 0. The van der Waals surface area contributed by atoms with Gasteiger partial charge in [-0.15, -0.1) is 0 Å². The molecule has 0 spiro atoms. The predicted molar refractivity (Wildman–Crippen MR) is 46.7 cm³/mol. The molecular formula is C10H18O2. The van der Waals surface area contributed by atoms with E-state index in [0.29, 0.717) is 5.92 Å².